The Morgan fingerprint density at radius 2 is 1.97 bits per heavy atom. The number of anilines is 1. The second-order valence-electron chi connectivity index (χ2n) is 6.48. The molecule has 4 rings (SSSR count). The van der Waals surface area contributed by atoms with E-state index in [9.17, 15) is 4.79 Å². The lowest BCUT2D eigenvalue weighted by Gasteiger charge is -2.07. The first-order valence-electron chi connectivity index (χ1n) is 9.06. The van der Waals surface area contributed by atoms with Gasteiger partial charge in [-0.3, -0.25) is 9.36 Å². The molecule has 146 valence electrons. The van der Waals surface area contributed by atoms with E-state index in [0.29, 0.717) is 29.3 Å². The highest BCUT2D eigenvalue weighted by Gasteiger charge is 2.13. The molecular weight excluding hydrogens is 390 g/mol. The van der Waals surface area contributed by atoms with Crippen molar-refractivity contribution in [3.8, 4) is 17.1 Å². The molecule has 8 heteroatoms. The van der Waals surface area contributed by atoms with Gasteiger partial charge in [0.1, 0.15) is 11.6 Å². The van der Waals surface area contributed by atoms with E-state index in [2.05, 4.69) is 20.4 Å². The molecule has 0 atom stereocenters. The highest BCUT2D eigenvalue weighted by molar-refractivity contribution is 6.30. The van der Waals surface area contributed by atoms with Crippen LogP contribution >= 0.6 is 11.6 Å². The van der Waals surface area contributed by atoms with Crippen molar-refractivity contribution in [2.75, 3.05) is 5.32 Å². The lowest BCUT2D eigenvalue weighted by Crippen LogP contribution is -2.12. The standard InChI is InChI=1S/C21H18ClN5O2/c1-14-23-10-11-27(14)19-8-7-18(13-24-19)26-20(28)9-4-16-12-25-29-21(16)15-2-5-17(22)6-3-15/h2-3,5-8,10-13H,4,9H2,1H3,(H,26,28). The molecule has 0 aliphatic heterocycles. The van der Waals surface area contributed by atoms with Crippen LogP contribution in [0.25, 0.3) is 17.1 Å². The predicted octanol–water partition coefficient (Wildman–Crippen LogP) is 4.46. The average molecular weight is 408 g/mol. The molecule has 4 aromatic rings. The van der Waals surface area contributed by atoms with Crippen LogP contribution in [0.3, 0.4) is 0 Å². The van der Waals surface area contributed by atoms with Crippen LogP contribution < -0.4 is 5.32 Å². The van der Waals surface area contributed by atoms with Crippen molar-refractivity contribution in [1.82, 2.24) is 19.7 Å². The molecule has 7 nitrogen and oxygen atoms in total. The van der Waals surface area contributed by atoms with Gasteiger partial charge in [-0.1, -0.05) is 16.8 Å². The Morgan fingerprint density at radius 3 is 2.66 bits per heavy atom. The number of hydrogen-bond acceptors (Lipinski definition) is 5. The normalized spacial score (nSPS) is 10.8. The SMILES string of the molecule is Cc1nccn1-c1ccc(NC(=O)CCc2cnoc2-c2ccc(Cl)cc2)cn1. The molecule has 0 bridgehead atoms. The van der Waals surface area contributed by atoms with Crippen molar-refractivity contribution in [2.24, 2.45) is 0 Å². The average Bonchev–Trinajstić information content (AvgIpc) is 3.36. The zero-order valence-electron chi connectivity index (χ0n) is 15.7. The number of halogens is 1. The summed E-state index contributed by atoms with van der Waals surface area (Å²) in [5.41, 5.74) is 2.38. The first-order valence-corrected chi connectivity index (χ1v) is 9.43. The maximum absolute atomic E-state index is 12.3. The van der Waals surface area contributed by atoms with Crippen LogP contribution in [-0.2, 0) is 11.2 Å². The van der Waals surface area contributed by atoms with Gasteiger partial charge in [-0.05, 0) is 49.7 Å². The highest BCUT2D eigenvalue weighted by Crippen LogP contribution is 2.26. The summed E-state index contributed by atoms with van der Waals surface area (Å²) >= 11 is 5.93. The number of carbonyl (C=O) groups excluding carboxylic acids is 1. The van der Waals surface area contributed by atoms with Crippen molar-refractivity contribution < 1.29 is 9.32 Å². The molecule has 0 aliphatic carbocycles. The first kappa shape index (κ1) is 18.9. The second kappa shape index (κ2) is 8.28. The summed E-state index contributed by atoms with van der Waals surface area (Å²) in [6, 6.07) is 11.0. The van der Waals surface area contributed by atoms with Gasteiger partial charge in [-0.15, -0.1) is 0 Å². The molecular formula is C21H18ClN5O2. The van der Waals surface area contributed by atoms with E-state index in [1.807, 2.05) is 42.0 Å². The molecule has 0 spiro atoms. The number of pyridine rings is 1. The van der Waals surface area contributed by atoms with E-state index in [1.165, 1.54) is 0 Å². The molecule has 0 aliphatic rings. The molecule has 1 aromatic carbocycles. The minimum atomic E-state index is -0.110. The molecule has 0 saturated heterocycles. The number of aromatic nitrogens is 4. The number of aryl methyl sites for hydroxylation is 2. The van der Waals surface area contributed by atoms with Gasteiger partial charge in [0.05, 0.1) is 18.1 Å². The lowest BCUT2D eigenvalue weighted by atomic mass is 10.1. The van der Waals surface area contributed by atoms with Crippen LogP contribution in [0.5, 0.6) is 0 Å². The number of amides is 1. The Hall–Kier alpha value is -3.45. The Balaban J connectivity index is 1.37. The maximum Gasteiger partial charge on any atom is 0.224 e. The molecule has 0 saturated carbocycles. The third kappa shape index (κ3) is 4.35. The van der Waals surface area contributed by atoms with Gasteiger partial charge in [0, 0.05) is 35.0 Å². The van der Waals surface area contributed by atoms with Gasteiger partial charge >= 0.3 is 0 Å². The summed E-state index contributed by atoms with van der Waals surface area (Å²) in [5.74, 6) is 2.13. The zero-order valence-corrected chi connectivity index (χ0v) is 16.4. The molecule has 3 heterocycles. The smallest absolute Gasteiger partial charge is 0.224 e. The fourth-order valence-electron chi connectivity index (χ4n) is 2.97. The van der Waals surface area contributed by atoms with Gasteiger partial charge in [0.2, 0.25) is 5.91 Å². The molecule has 3 aromatic heterocycles. The summed E-state index contributed by atoms with van der Waals surface area (Å²) in [6.45, 7) is 1.90. The third-order valence-electron chi connectivity index (χ3n) is 4.48. The first-order chi connectivity index (χ1) is 14.1. The van der Waals surface area contributed by atoms with Crippen molar-refractivity contribution in [3.63, 3.8) is 0 Å². The van der Waals surface area contributed by atoms with E-state index < -0.39 is 0 Å². The number of imidazole rings is 1. The summed E-state index contributed by atoms with van der Waals surface area (Å²) in [5, 5.41) is 7.38. The van der Waals surface area contributed by atoms with Gasteiger partial charge in [-0.25, -0.2) is 9.97 Å². The molecule has 0 radical (unpaired) electrons. The monoisotopic (exact) mass is 407 g/mol. The molecule has 1 amide bonds. The van der Waals surface area contributed by atoms with E-state index in [0.717, 1.165) is 22.8 Å². The summed E-state index contributed by atoms with van der Waals surface area (Å²) in [6.07, 6.45) is 7.63. The van der Waals surface area contributed by atoms with Crippen LogP contribution in [0, 0.1) is 6.92 Å². The highest BCUT2D eigenvalue weighted by atomic mass is 35.5. The van der Waals surface area contributed by atoms with Gasteiger partial charge in [0.25, 0.3) is 0 Å². The fraction of sp³-hybridized carbons (Fsp3) is 0.143. The van der Waals surface area contributed by atoms with Crippen LogP contribution in [-0.4, -0.2) is 25.6 Å². The number of benzene rings is 1. The largest absolute Gasteiger partial charge is 0.356 e. The summed E-state index contributed by atoms with van der Waals surface area (Å²) < 4.78 is 7.23. The minimum Gasteiger partial charge on any atom is -0.356 e. The van der Waals surface area contributed by atoms with Crippen LogP contribution in [0.4, 0.5) is 5.69 Å². The van der Waals surface area contributed by atoms with Gasteiger partial charge < -0.3 is 9.84 Å². The van der Waals surface area contributed by atoms with Crippen molar-refractivity contribution >= 4 is 23.2 Å². The number of hydrogen-bond donors (Lipinski definition) is 1. The fourth-order valence-corrected chi connectivity index (χ4v) is 3.10. The van der Waals surface area contributed by atoms with Crippen LogP contribution in [0.1, 0.15) is 17.8 Å². The Kier molecular flexibility index (Phi) is 5.39. The van der Waals surface area contributed by atoms with Crippen LogP contribution in [0.2, 0.25) is 5.02 Å². The topological polar surface area (TPSA) is 85.8 Å². The number of carbonyl (C=O) groups is 1. The second-order valence-corrected chi connectivity index (χ2v) is 6.92. The summed E-state index contributed by atoms with van der Waals surface area (Å²) in [7, 11) is 0. The third-order valence-corrected chi connectivity index (χ3v) is 4.73. The van der Waals surface area contributed by atoms with E-state index in [4.69, 9.17) is 16.1 Å². The molecule has 1 N–H and O–H groups in total. The summed E-state index contributed by atoms with van der Waals surface area (Å²) in [4.78, 5) is 20.9. The van der Waals surface area contributed by atoms with Crippen molar-refractivity contribution in [2.45, 2.75) is 19.8 Å². The lowest BCUT2D eigenvalue weighted by molar-refractivity contribution is -0.116. The Labute approximate surface area is 172 Å². The van der Waals surface area contributed by atoms with Gasteiger partial charge in [0.15, 0.2) is 5.76 Å². The Bertz CT molecular complexity index is 1120. The number of rotatable bonds is 6. The molecule has 29 heavy (non-hydrogen) atoms. The molecule has 0 unspecified atom stereocenters. The quantitative estimate of drug-likeness (QED) is 0.510. The van der Waals surface area contributed by atoms with E-state index in [-0.39, 0.29) is 5.91 Å². The Morgan fingerprint density at radius 1 is 1.14 bits per heavy atom. The number of nitrogens with zero attached hydrogens (tertiary/aromatic N) is 4. The van der Waals surface area contributed by atoms with E-state index >= 15 is 0 Å². The van der Waals surface area contributed by atoms with Crippen LogP contribution in [0.15, 0.2) is 65.7 Å². The maximum atomic E-state index is 12.3. The molecule has 0 fully saturated rings. The van der Waals surface area contributed by atoms with Crippen molar-refractivity contribution in [3.05, 3.63) is 77.6 Å². The number of nitrogens with one attached hydrogen (secondary N) is 1. The van der Waals surface area contributed by atoms with Crippen molar-refractivity contribution in [1.29, 1.82) is 0 Å². The predicted molar refractivity (Wildman–Crippen MR) is 110 cm³/mol. The van der Waals surface area contributed by atoms with Gasteiger partial charge in [-0.2, -0.15) is 0 Å². The zero-order chi connectivity index (χ0) is 20.2. The van der Waals surface area contributed by atoms with E-state index in [1.54, 1.807) is 30.7 Å². The minimum absolute atomic E-state index is 0.110.